The van der Waals surface area contributed by atoms with Crippen LogP contribution in [-0.2, 0) is 4.74 Å². The topological polar surface area (TPSA) is 26.3 Å². The summed E-state index contributed by atoms with van der Waals surface area (Å²) >= 11 is 0. The molecule has 0 atom stereocenters. The van der Waals surface area contributed by atoms with E-state index in [0.29, 0.717) is 5.56 Å². The van der Waals surface area contributed by atoms with Crippen molar-refractivity contribution in [2.75, 3.05) is 0 Å². The van der Waals surface area contributed by atoms with Gasteiger partial charge in [-0.1, -0.05) is 6.07 Å². The predicted molar refractivity (Wildman–Crippen MR) is 82.5 cm³/mol. The molecule has 0 aliphatic heterocycles. The molecule has 2 nitrogen and oxygen atoms in total. The maximum absolute atomic E-state index is 13.9. The molecule has 23 heavy (non-hydrogen) atoms. The van der Waals surface area contributed by atoms with Crippen LogP contribution in [0.4, 0.5) is 13.2 Å². The molecule has 0 spiro atoms. The fourth-order valence-electron chi connectivity index (χ4n) is 3.00. The third-order valence-electron chi connectivity index (χ3n) is 4.19. The van der Waals surface area contributed by atoms with Crippen molar-refractivity contribution in [1.29, 1.82) is 0 Å². The Morgan fingerprint density at radius 1 is 1.22 bits per heavy atom. The molecule has 1 saturated carbocycles. The van der Waals surface area contributed by atoms with E-state index >= 15 is 0 Å². The lowest BCUT2D eigenvalue weighted by Crippen LogP contribution is -2.28. The number of alkyl halides is 2. The van der Waals surface area contributed by atoms with Gasteiger partial charge in [0.2, 0.25) is 5.92 Å². The Bertz CT molecular complexity index is 593. The highest BCUT2D eigenvalue weighted by Gasteiger charge is 2.37. The summed E-state index contributed by atoms with van der Waals surface area (Å²) < 4.78 is 46.0. The fraction of sp³-hybridized carbons (Fsp3) is 0.611. The van der Waals surface area contributed by atoms with Crippen LogP contribution >= 0.6 is 0 Å². The number of halogens is 3. The van der Waals surface area contributed by atoms with Gasteiger partial charge in [-0.15, -0.1) is 0 Å². The van der Waals surface area contributed by atoms with Crippen LogP contribution in [-0.4, -0.2) is 17.5 Å². The molecule has 0 unspecified atom stereocenters. The Morgan fingerprint density at radius 3 is 2.30 bits per heavy atom. The minimum absolute atomic E-state index is 0.170. The first-order chi connectivity index (χ1) is 10.5. The first-order valence-corrected chi connectivity index (χ1v) is 7.90. The molecule has 5 heteroatoms. The van der Waals surface area contributed by atoms with E-state index in [2.05, 4.69) is 0 Å². The highest BCUT2D eigenvalue weighted by molar-refractivity contribution is 5.93. The van der Waals surface area contributed by atoms with Crippen LogP contribution in [0.5, 0.6) is 0 Å². The molecule has 0 bridgehead atoms. The second kappa shape index (κ2) is 6.17. The normalized spacial score (nSPS) is 18.7. The average molecular weight is 328 g/mol. The molecule has 1 aliphatic rings. The van der Waals surface area contributed by atoms with Crippen LogP contribution in [0.25, 0.3) is 0 Å². The molecular weight excluding hydrogens is 305 g/mol. The molecule has 0 heterocycles. The van der Waals surface area contributed by atoms with E-state index in [1.54, 1.807) is 20.8 Å². The van der Waals surface area contributed by atoms with Crippen molar-refractivity contribution in [3.05, 3.63) is 34.6 Å². The highest BCUT2D eigenvalue weighted by atomic mass is 19.3. The van der Waals surface area contributed by atoms with Gasteiger partial charge in [0.25, 0.3) is 0 Å². The lowest BCUT2D eigenvalue weighted by Gasteiger charge is -2.30. The average Bonchev–Trinajstić information content (AvgIpc) is 2.40. The predicted octanol–water partition coefficient (Wildman–Crippen LogP) is 5.38. The van der Waals surface area contributed by atoms with Gasteiger partial charge in [0.15, 0.2) is 0 Å². The largest absolute Gasteiger partial charge is 0.456 e. The summed E-state index contributed by atoms with van der Waals surface area (Å²) in [6.07, 6.45) is 0.158. The Labute approximate surface area is 135 Å². The van der Waals surface area contributed by atoms with Crippen molar-refractivity contribution in [2.45, 2.75) is 70.8 Å². The van der Waals surface area contributed by atoms with E-state index in [0.717, 1.165) is 0 Å². The second-order valence-electron chi connectivity index (χ2n) is 7.27. The van der Waals surface area contributed by atoms with Crippen molar-refractivity contribution < 1.29 is 22.7 Å². The van der Waals surface area contributed by atoms with E-state index in [1.165, 1.54) is 19.1 Å². The SMILES string of the molecule is Cc1c(F)ccc(C2CCC(F)(F)CC2)c1C(=O)OC(C)(C)C. The monoisotopic (exact) mass is 328 g/mol. The van der Waals surface area contributed by atoms with Gasteiger partial charge in [-0.05, 0) is 63.6 Å². The van der Waals surface area contributed by atoms with Crippen LogP contribution in [0.15, 0.2) is 12.1 Å². The van der Waals surface area contributed by atoms with Gasteiger partial charge >= 0.3 is 5.97 Å². The zero-order valence-corrected chi connectivity index (χ0v) is 14.0. The third-order valence-corrected chi connectivity index (χ3v) is 4.19. The number of esters is 1. The molecule has 1 aromatic rings. The minimum Gasteiger partial charge on any atom is -0.456 e. The molecule has 0 saturated heterocycles. The number of rotatable bonds is 2. The van der Waals surface area contributed by atoms with E-state index in [4.69, 9.17) is 4.74 Å². The van der Waals surface area contributed by atoms with Gasteiger partial charge in [0, 0.05) is 12.8 Å². The van der Waals surface area contributed by atoms with Crippen molar-refractivity contribution in [2.24, 2.45) is 0 Å². The molecular formula is C18H23F3O2. The van der Waals surface area contributed by atoms with E-state index in [9.17, 15) is 18.0 Å². The van der Waals surface area contributed by atoms with E-state index in [-0.39, 0.29) is 42.7 Å². The standard InChI is InChI=1S/C18H23F3O2/c1-11-14(19)6-5-13(12-7-9-18(20,21)10-8-12)15(11)16(22)23-17(2,3)4/h5-6,12H,7-10H2,1-4H3. The van der Waals surface area contributed by atoms with Crippen molar-refractivity contribution >= 4 is 5.97 Å². The fourth-order valence-corrected chi connectivity index (χ4v) is 3.00. The summed E-state index contributed by atoms with van der Waals surface area (Å²) in [6, 6.07) is 2.83. The molecule has 1 aliphatic carbocycles. The summed E-state index contributed by atoms with van der Waals surface area (Å²) in [5.74, 6) is -3.90. The van der Waals surface area contributed by atoms with Crippen LogP contribution in [0, 0.1) is 12.7 Å². The Balaban J connectivity index is 2.37. The third kappa shape index (κ3) is 4.27. The summed E-state index contributed by atoms with van der Waals surface area (Å²) in [7, 11) is 0. The van der Waals surface area contributed by atoms with Gasteiger partial charge < -0.3 is 4.74 Å². The van der Waals surface area contributed by atoms with Crippen molar-refractivity contribution in [1.82, 2.24) is 0 Å². The number of hydrogen-bond acceptors (Lipinski definition) is 2. The first-order valence-electron chi connectivity index (χ1n) is 7.90. The van der Waals surface area contributed by atoms with Gasteiger partial charge in [-0.3, -0.25) is 0 Å². The van der Waals surface area contributed by atoms with Crippen LogP contribution in [0.2, 0.25) is 0 Å². The molecule has 1 aromatic carbocycles. The summed E-state index contributed by atoms with van der Waals surface area (Å²) in [4.78, 5) is 12.5. The zero-order chi connectivity index (χ0) is 17.4. The van der Waals surface area contributed by atoms with Gasteiger partial charge in [0.05, 0.1) is 5.56 Å². The summed E-state index contributed by atoms with van der Waals surface area (Å²) in [5, 5.41) is 0. The Morgan fingerprint density at radius 2 is 1.78 bits per heavy atom. The van der Waals surface area contributed by atoms with Crippen LogP contribution < -0.4 is 0 Å². The van der Waals surface area contributed by atoms with Gasteiger partial charge in [-0.2, -0.15) is 0 Å². The Kier molecular flexibility index (Phi) is 4.79. The molecule has 0 radical (unpaired) electrons. The number of carbonyl (C=O) groups is 1. The van der Waals surface area contributed by atoms with Crippen molar-refractivity contribution in [3.63, 3.8) is 0 Å². The van der Waals surface area contributed by atoms with Gasteiger partial charge in [0.1, 0.15) is 11.4 Å². The lowest BCUT2D eigenvalue weighted by molar-refractivity contribution is -0.0382. The number of benzene rings is 1. The van der Waals surface area contributed by atoms with Crippen molar-refractivity contribution in [3.8, 4) is 0 Å². The smallest absolute Gasteiger partial charge is 0.339 e. The molecule has 1 fully saturated rings. The van der Waals surface area contributed by atoms with E-state index < -0.39 is 23.3 Å². The number of ether oxygens (including phenoxy) is 1. The zero-order valence-electron chi connectivity index (χ0n) is 14.0. The first kappa shape index (κ1) is 17.8. The number of hydrogen-bond donors (Lipinski definition) is 0. The molecule has 0 amide bonds. The van der Waals surface area contributed by atoms with Crippen LogP contribution in [0.3, 0.4) is 0 Å². The highest BCUT2D eigenvalue weighted by Crippen LogP contribution is 2.42. The lowest BCUT2D eigenvalue weighted by atomic mass is 9.79. The van der Waals surface area contributed by atoms with Gasteiger partial charge in [-0.25, -0.2) is 18.0 Å². The molecule has 0 aromatic heterocycles. The maximum Gasteiger partial charge on any atom is 0.339 e. The minimum atomic E-state index is -2.64. The quantitative estimate of drug-likeness (QED) is 0.681. The molecule has 128 valence electrons. The summed E-state index contributed by atoms with van der Waals surface area (Å²) in [6.45, 7) is 6.73. The van der Waals surface area contributed by atoms with Crippen LogP contribution in [0.1, 0.15) is 73.9 Å². The second-order valence-corrected chi connectivity index (χ2v) is 7.27. The maximum atomic E-state index is 13.9. The Hall–Kier alpha value is -1.52. The van der Waals surface area contributed by atoms with E-state index in [1.807, 2.05) is 0 Å². The molecule has 2 rings (SSSR count). The molecule has 0 N–H and O–H groups in total. The number of carbonyl (C=O) groups excluding carboxylic acids is 1. The summed E-state index contributed by atoms with van der Waals surface area (Å²) in [5.41, 5.74) is 0.324.